The lowest BCUT2D eigenvalue weighted by atomic mass is 10.3. The maximum atomic E-state index is 11.1. The van der Waals surface area contributed by atoms with Gasteiger partial charge in [-0.25, -0.2) is 8.42 Å². The van der Waals surface area contributed by atoms with Crippen molar-refractivity contribution in [3.63, 3.8) is 0 Å². The molecule has 66 valence electrons. The Kier molecular flexibility index (Phi) is 1.62. The van der Waals surface area contributed by atoms with Gasteiger partial charge in [-0.3, -0.25) is 0 Å². The number of aromatic nitrogens is 1. The summed E-state index contributed by atoms with van der Waals surface area (Å²) in [6.45, 7) is 0. The third-order valence-corrected chi connectivity index (χ3v) is 3.53. The van der Waals surface area contributed by atoms with Crippen LogP contribution in [0.5, 0.6) is 0 Å². The Morgan fingerprint density at radius 3 is 3.00 bits per heavy atom. The Morgan fingerprint density at radius 1 is 1.50 bits per heavy atom. The van der Waals surface area contributed by atoms with Gasteiger partial charge in [-0.05, 0) is 12.2 Å². The molecule has 1 aromatic heterocycles. The highest BCUT2D eigenvalue weighted by atomic mass is 32.2. The Balaban J connectivity index is 2.54. The third kappa shape index (κ3) is 1.32. The summed E-state index contributed by atoms with van der Waals surface area (Å²) in [6.07, 6.45) is 0.484. The zero-order chi connectivity index (χ0) is 8.77. The van der Waals surface area contributed by atoms with Gasteiger partial charge >= 0.3 is 0 Å². The van der Waals surface area contributed by atoms with Crippen molar-refractivity contribution in [3.8, 4) is 0 Å². The van der Waals surface area contributed by atoms with E-state index in [4.69, 9.17) is 16.6 Å². The predicted molar refractivity (Wildman–Crippen MR) is 45.1 cm³/mol. The Bertz CT molecular complexity index is 453. The molecule has 0 saturated carbocycles. The van der Waals surface area contributed by atoms with E-state index in [1.807, 2.05) is 0 Å². The van der Waals surface area contributed by atoms with Crippen LogP contribution < -0.4 is 0 Å². The van der Waals surface area contributed by atoms with Gasteiger partial charge in [0.1, 0.15) is 11.5 Å². The fourth-order valence-corrected chi connectivity index (χ4v) is 2.76. The second-order valence-corrected chi connectivity index (χ2v) is 5.31. The van der Waals surface area contributed by atoms with E-state index in [1.54, 1.807) is 0 Å². The van der Waals surface area contributed by atoms with E-state index >= 15 is 0 Å². The number of nitrogens with one attached hydrogen (secondary N) is 1. The normalized spacial score (nSPS) is 20.3. The molecule has 1 N–H and O–H groups in total. The van der Waals surface area contributed by atoms with Gasteiger partial charge in [0.2, 0.25) is 0 Å². The number of rotatable bonds is 0. The lowest BCUT2D eigenvalue weighted by molar-refractivity contribution is 0.496. The first-order valence-electron chi connectivity index (χ1n) is 3.48. The fraction of sp³-hybridized carbons (Fsp3) is 0.500. The molecule has 0 bridgehead atoms. The molecule has 0 spiro atoms. The highest BCUT2D eigenvalue weighted by Crippen LogP contribution is 2.19. The van der Waals surface area contributed by atoms with Gasteiger partial charge in [-0.15, -0.1) is 0 Å². The number of fused-ring (bicyclic) bond motifs is 1. The van der Waals surface area contributed by atoms with Crippen LogP contribution in [0, 0.1) is 4.84 Å². The fourth-order valence-electron chi connectivity index (χ4n) is 1.24. The highest BCUT2D eigenvalue weighted by Gasteiger charge is 2.24. The first-order chi connectivity index (χ1) is 5.57. The predicted octanol–water partition coefficient (Wildman–Crippen LogP) is 0.808. The average Bonchev–Trinajstić information content (AvgIpc) is 2.26. The molecule has 0 saturated heterocycles. The summed E-state index contributed by atoms with van der Waals surface area (Å²) in [4.78, 5) is 3.08. The van der Waals surface area contributed by atoms with Gasteiger partial charge in [0.05, 0.1) is 11.4 Å². The van der Waals surface area contributed by atoms with Crippen LogP contribution in [-0.4, -0.2) is 19.2 Å². The van der Waals surface area contributed by atoms with Crippen molar-refractivity contribution in [2.75, 3.05) is 5.75 Å². The summed E-state index contributed by atoms with van der Waals surface area (Å²) in [5.74, 6) is 0.645. The second kappa shape index (κ2) is 2.43. The van der Waals surface area contributed by atoms with E-state index in [2.05, 4.69) is 4.98 Å². The van der Waals surface area contributed by atoms with Crippen LogP contribution in [0.2, 0.25) is 0 Å². The van der Waals surface area contributed by atoms with Gasteiger partial charge < -0.3 is 9.40 Å². The van der Waals surface area contributed by atoms with E-state index in [0.717, 1.165) is 5.69 Å². The molecule has 4 nitrogen and oxygen atoms in total. The SMILES string of the molecule is O=S1(=O)CCc2[nH]c(=S)oc2C1. The molecule has 1 aromatic rings. The summed E-state index contributed by atoms with van der Waals surface area (Å²) in [5, 5.41) is 0. The summed E-state index contributed by atoms with van der Waals surface area (Å²) >= 11 is 4.74. The van der Waals surface area contributed by atoms with E-state index in [0.29, 0.717) is 12.2 Å². The molecule has 0 radical (unpaired) electrons. The molecule has 0 atom stereocenters. The molecule has 2 heterocycles. The van der Waals surface area contributed by atoms with Crippen LogP contribution in [0.15, 0.2) is 4.42 Å². The van der Waals surface area contributed by atoms with Crippen LogP contribution >= 0.6 is 12.2 Å². The van der Waals surface area contributed by atoms with Gasteiger partial charge in [-0.1, -0.05) is 0 Å². The Labute approximate surface area is 74.5 Å². The summed E-state index contributed by atoms with van der Waals surface area (Å²) in [6, 6.07) is 0. The molecule has 12 heavy (non-hydrogen) atoms. The molecule has 2 rings (SSSR count). The number of H-pyrrole nitrogens is 1. The molecule has 0 aliphatic carbocycles. The number of hydrogen-bond donors (Lipinski definition) is 1. The molecule has 0 fully saturated rings. The van der Waals surface area contributed by atoms with E-state index in [9.17, 15) is 8.42 Å². The summed E-state index contributed by atoms with van der Waals surface area (Å²) in [7, 11) is -2.94. The van der Waals surface area contributed by atoms with E-state index in [1.165, 1.54) is 0 Å². The van der Waals surface area contributed by atoms with Crippen molar-refractivity contribution in [3.05, 3.63) is 16.3 Å². The number of sulfone groups is 1. The minimum atomic E-state index is -2.94. The minimum absolute atomic E-state index is 0.0184. The van der Waals surface area contributed by atoms with Crippen molar-refractivity contribution < 1.29 is 12.8 Å². The molecule has 6 heteroatoms. The number of aryl methyl sites for hydroxylation is 1. The number of hydrogen-bond acceptors (Lipinski definition) is 4. The first-order valence-corrected chi connectivity index (χ1v) is 5.71. The number of oxazole rings is 1. The molecule has 1 aliphatic rings. The summed E-state index contributed by atoms with van der Waals surface area (Å²) < 4.78 is 27.3. The lowest BCUT2D eigenvalue weighted by Crippen LogP contribution is -2.17. The highest BCUT2D eigenvalue weighted by molar-refractivity contribution is 7.90. The van der Waals surface area contributed by atoms with Crippen molar-refractivity contribution in [2.24, 2.45) is 0 Å². The van der Waals surface area contributed by atoms with Gasteiger partial charge in [0.25, 0.3) is 4.84 Å². The minimum Gasteiger partial charge on any atom is -0.433 e. The van der Waals surface area contributed by atoms with Crippen LogP contribution in [0.4, 0.5) is 0 Å². The third-order valence-electron chi connectivity index (χ3n) is 1.82. The quantitative estimate of drug-likeness (QED) is 0.636. The maximum Gasteiger partial charge on any atom is 0.266 e. The van der Waals surface area contributed by atoms with Crippen molar-refractivity contribution >= 4 is 22.1 Å². The average molecular weight is 205 g/mol. The zero-order valence-electron chi connectivity index (χ0n) is 6.16. The molecule has 0 unspecified atom stereocenters. The van der Waals surface area contributed by atoms with Crippen molar-refractivity contribution in [2.45, 2.75) is 12.2 Å². The molecule has 0 aromatic carbocycles. The van der Waals surface area contributed by atoms with Gasteiger partial charge in [0.15, 0.2) is 9.84 Å². The van der Waals surface area contributed by atoms with E-state index in [-0.39, 0.29) is 16.3 Å². The largest absolute Gasteiger partial charge is 0.433 e. The Hall–Kier alpha value is -0.620. The standard InChI is InChI=1S/C6H7NO3S2/c8-12(9)2-1-4-5(3-12)10-6(11)7-4/h1-3H2,(H,7,11). The zero-order valence-corrected chi connectivity index (χ0v) is 7.80. The molecular weight excluding hydrogens is 198 g/mol. The lowest BCUT2D eigenvalue weighted by Gasteiger charge is -2.08. The van der Waals surface area contributed by atoms with E-state index < -0.39 is 9.84 Å². The van der Waals surface area contributed by atoms with Crippen molar-refractivity contribution in [1.82, 2.24) is 4.98 Å². The van der Waals surface area contributed by atoms with Crippen LogP contribution in [0.3, 0.4) is 0 Å². The molecule has 1 aliphatic heterocycles. The second-order valence-electron chi connectivity index (χ2n) is 2.76. The number of aromatic amines is 1. The van der Waals surface area contributed by atoms with Crippen LogP contribution in [0.1, 0.15) is 11.5 Å². The molecular formula is C6H7NO3S2. The van der Waals surface area contributed by atoms with Crippen molar-refractivity contribution in [1.29, 1.82) is 0 Å². The van der Waals surface area contributed by atoms with Gasteiger partial charge in [-0.2, -0.15) is 0 Å². The topological polar surface area (TPSA) is 63.1 Å². The Morgan fingerprint density at radius 2 is 2.25 bits per heavy atom. The van der Waals surface area contributed by atoms with Crippen LogP contribution in [-0.2, 0) is 22.0 Å². The first kappa shape index (κ1) is 8.00. The van der Waals surface area contributed by atoms with Crippen LogP contribution in [0.25, 0.3) is 0 Å². The monoisotopic (exact) mass is 205 g/mol. The molecule has 0 amide bonds. The maximum absolute atomic E-state index is 11.1. The van der Waals surface area contributed by atoms with Gasteiger partial charge in [0, 0.05) is 6.42 Å². The summed E-state index contributed by atoms with van der Waals surface area (Å²) in [5.41, 5.74) is 0.829. The smallest absolute Gasteiger partial charge is 0.266 e.